The fraction of sp³-hybridized carbons (Fsp3) is 0.714. The minimum absolute atomic E-state index is 0.0476. The molecule has 1 saturated heterocycles. The molecule has 0 spiro atoms. The molecule has 0 radical (unpaired) electrons. The maximum atomic E-state index is 12.3. The number of nitrogens with zero attached hydrogens (tertiary/aromatic N) is 4. The summed E-state index contributed by atoms with van der Waals surface area (Å²) in [5.74, 6) is 0.636. The molecule has 1 aliphatic rings. The van der Waals surface area contributed by atoms with Crippen LogP contribution in [0.4, 0.5) is 0 Å². The summed E-state index contributed by atoms with van der Waals surface area (Å²) in [5, 5.41) is 3.76. The predicted octanol–water partition coefficient (Wildman–Crippen LogP) is 0.364. The lowest BCUT2D eigenvalue weighted by Crippen LogP contribution is -2.45. The maximum Gasteiger partial charge on any atom is 0.252 e. The first-order valence-electron chi connectivity index (χ1n) is 7.36. The standard InChI is InChI=1S/C14H22N4O4/c1-10-15-12(16-22-10)8-17(2)13(19)9-18-7-5-4-6-11(21-3)14(18)20/h11H,4-9H2,1-3H3. The van der Waals surface area contributed by atoms with Crippen LogP contribution in [0.3, 0.4) is 0 Å². The van der Waals surface area contributed by atoms with Crippen molar-refractivity contribution in [2.75, 3.05) is 27.2 Å². The van der Waals surface area contributed by atoms with Gasteiger partial charge in [0.15, 0.2) is 5.82 Å². The van der Waals surface area contributed by atoms with Crippen molar-refractivity contribution in [2.45, 2.75) is 38.8 Å². The molecule has 122 valence electrons. The van der Waals surface area contributed by atoms with Gasteiger partial charge in [-0.25, -0.2) is 0 Å². The van der Waals surface area contributed by atoms with E-state index < -0.39 is 6.10 Å². The minimum Gasteiger partial charge on any atom is -0.372 e. The summed E-state index contributed by atoms with van der Waals surface area (Å²) in [4.78, 5) is 31.7. The van der Waals surface area contributed by atoms with Crippen molar-refractivity contribution in [3.63, 3.8) is 0 Å². The zero-order chi connectivity index (χ0) is 16.1. The topological polar surface area (TPSA) is 88.8 Å². The SMILES string of the molecule is COC1CCCCN(CC(=O)N(C)Cc2noc(C)n2)C1=O. The maximum absolute atomic E-state index is 12.3. The van der Waals surface area contributed by atoms with Gasteiger partial charge < -0.3 is 19.1 Å². The first kappa shape index (κ1) is 16.4. The van der Waals surface area contributed by atoms with Gasteiger partial charge in [0.05, 0.1) is 13.1 Å². The fourth-order valence-corrected chi connectivity index (χ4v) is 2.44. The van der Waals surface area contributed by atoms with Gasteiger partial charge in [-0.15, -0.1) is 0 Å². The molecule has 8 heteroatoms. The second kappa shape index (κ2) is 7.35. The molecule has 8 nitrogen and oxygen atoms in total. The van der Waals surface area contributed by atoms with Crippen molar-refractivity contribution < 1.29 is 18.8 Å². The summed E-state index contributed by atoms with van der Waals surface area (Å²) in [7, 11) is 3.18. The smallest absolute Gasteiger partial charge is 0.252 e. The molecule has 0 aliphatic carbocycles. The predicted molar refractivity (Wildman–Crippen MR) is 76.7 cm³/mol. The van der Waals surface area contributed by atoms with E-state index in [9.17, 15) is 9.59 Å². The van der Waals surface area contributed by atoms with Crippen LogP contribution >= 0.6 is 0 Å². The van der Waals surface area contributed by atoms with Crippen LogP contribution in [0.25, 0.3) is 0 Å². The van der Waals surface area contributed by atoms with Crippen molar-refractivity contribution in [1.29, 1.82) is 0 Å². The average Bonchev–Trinajstić information content (AvgIpc) is 2.81. The molecule has 0 aromatic carbocycles. The number of hydrogen-bond donors (Lipinski definition) is 0. The van der Waals surface area contributed by atoms with E-state index in [0.717, 1.165) is 12.8 Å². The molecule has 0 N–H and O–H groups in total. The van der Waals surface area contributed by atoms with Crippen LogP contribution in [-0.2, 0) is 20.9 Å². The Bertz CT molecular complexity index is 531. The second-order valence-electron chi connectivity index (χ2n) is 5.46. The highest BCUT2D eigenvalue weighted by molar-refractivity contribution is 5.87. The van der Waals surface area contributed by atoms with Crippen molar-refractivity contribution in [2.24, 2.45) is 0 Å². The first-order chi connectivity index (χ1) is 10.5. The lowest BCUT2D eigenvalue weighted by molar-refractivity contribution is -0.146. The monoisotopic (exact) mass is 310 g/mol. The summed E-state index contributed by atoms with van der Waals surface area (Å²) in [6.45, 7) is 2.58. The van der Waals surface area contributed by atoms with E-state index in [2.05, 4.69) is 10.1 Å². The van der Waals surface area contributed by atoms with E-state index in [1.807, 2.05) is 0 Å². The van der Waals surface area contributed by atoms with E-state index >= 15 is 0 Å². The van der Waals surface area contributed by atoms with Gasteiger partial charge in [-0.3, -0.25) is 9.59 Å². The molecule has 0 bridgehead atoms. The minimum atomic E-state index is -0.444. The number of likely N-dealkylation sites (N-methyl/N-ethyl adjacent to an activating group) is 1. The number of methoxy groups -OCH3 is 1. The van der Waals surface area contributed by atoms with Crippen molar-refractivity contribution in [3.8, 4) is 0 Å². The van der Waals surface area contributed by atoms with Crippen LogP contribution in [0.5, 0.6) is 0 Å². The van der Waals surface area contributed by atoms with Crippen LogP contribution in [0.1, 0.15) is 31.0 Å². The second-order valence-corrected chi connectivity index (χ2v) is 5.46. The number of aromatic nitrogens is 2. The van der Waals surface area contributed by atoms with Crippen LogP contribution < -0.4 is 0 Å². The Kier molecular flexibility index (Phi) is 5.48. The molecule has 2 rings (SSSR count). The van der Waals surface area contributed by atoms with Gasteiger partial charge in [-0.05, 0) is 19.3 Å². The number of rotatable bonds is 5. The lowest BCUT2D eigenvalue weighted by atomic mass is 10.2. The Labute approximate surface area is 129 Å². The Balaban J connectivity index is 1.93. The van der Waals surface area contributed by atoms with Crippen LogP contribution in [0, 0.1) is 6.92 Å². The average molecular weight is 310 g/mol. The van der Waals surface area contributed by atoms with E-state index in [4.69, 9.17) is 9.26 Å². The third-order valence-corrected chi connectivity index (χ3v) is 3.72. The highest BCUT2D eigenvalue weighted by atomic mass is 16.5. The van der Waals surface area contributed by atoms with Gasteiger partial charge in [-0.1, -0.05) is 5.16 Å². The van der Waals surface area contributed by atoms with Crippen molar-refractivity contribution >= 4 is 11.8 Å². The van der Waals surface area contributed by atoms with Crippen molar-refractivity contribution in [1.82, 2.24) is 19.9 Å². The van der Waals surface area contributed by atoms with Gasteiger partial charge >= 0.3 is 0 Å². The quantitative estimate of drug-likeness (QED) is 0.780. The van der Waals surface area contributed by atoms with Gasteiger partial charge in [-0.2, -0.15) is 4.98 Å². The Hall–Kier alpha value is -1.96. The van der Waals surface area contributed by atoms with Gasteiger partial charge in [0, 0.05) is 27.6 Å². The Morgan fingerprint density at radius 1 is 1.50 bits per heavy atom. The molecule has 2 heterocycles. The normalized spacial score (nSPS) is 19.1. The number of amides is 2. The first-order valence-corrected chi connectivity index (χ1v) is 7.36. The van der Waals surface area contributed by atoms with Gasteiger partial charge in [0.25, 0.3) is 5.91 Å². The Morgan fingerprint density at radius 2 is 2.27 bits per heavy atom. The van der Waals surface area contributed by atoms with E-state index in [1.165, 1.54) is 12.0 Å². The lowest BCUT2D eigenvalue weighted by Gasteiger charge is -2.25. The van der Waals surface area contributed by atoms with Crippen LogP contribution in [-0.4, -0.2) is 65.1 Å². The van der Waals surface area contributed by atoms with Crippen LogP contribution in [0.2, 0.25) is 0 Å². The molecule has 1 aromatic rings. The van der Waals surface area contributed by atoms with Crippen LogP contribution in [0.15, 0.2) is 4.52 Å². The molecule has 1 atom stereocenters. The molecule has 1 aromatic heterocycles. The zero-order valence-corrected chi connectivity index (χ0v) is 13.2. The fourth-order valence-electron chi connectivity index (χ4n) is 2.44. The third-order valence-electron chi connectivity index (χ3n) is 3.72. The molecule has 0 saturated carbocycles. The number of ether oxygens (including phenoxy) is 1. The Morgan fingerprint density at radius 3 is 2.91 bits per heavy atom. The molecular weight excluding hydrogens is 288 g/mol. The largest absolute Gasteiger partial charge is 0.372 e. The highest BCUT2D eigenvalue weighted by Crippen LogP contribution is 2.14. The molecule has 22 heavy (non-hydrogen) atoms. The molecule has 2 amide bonds. The molecule has 1 aliphatic heterocycles. The van der Waals surface area contributed by atoms with Crippen molar-refractivity contribution in [3.05, 3.63) is 11.7 Å². The number of carbonyl (C=O) groups is 2. The molecule has 1 unspecified atom stereocenters. The van der Waals surface area contributed by atoms with Gasteiger partial charge in [0.2, 0.25) is 11.8 Å². The summed E-state index contributed by atoms with van der Waals surface area (Å²) in [5.41, 5.74) is 0. The number of carbonyl (C=O) groups excluding carboxylic acids is 2. The molecule has 1 fully saturated rings. The van der Waals surface area contributed by atoms with Gasteiger partial charge in [0.1, 0.15) is 6.10 Å². The number of hydrogen-bond acceptors (Lipinski definition) is 6. The number of aryl methyl sites for hydroxylation is 1. The highest BCUT2D eigenvalue weighted by Gasteiger charge is 2.28. The van der Waals surface area contributed by atoms with E-state index in [1.54, 1.807) is 18.9 Å². The third kappa shape index (κ3) is 4.03. The summed E-state index contributed by atoms with van der Waals surface area (Å²) in [6.07, 6.45) is 2.07. The summed E-state index contributed by atoms with van der Waals surface area (Å²) >= 11 is 0. The molecular formula is C14H22N4O4. The summed E-state index contributed by atoms with van der Waals surface area (Å²) in [6, 6.07) is 0. The summed E-state index contributed by atoms with van der Waals surface area (Å²) < 4.78 is 10.1. The number of likely N-dealkylation sites (tertiary alicyclic amines) is 1. The van der Waals surface area contributed by atoms with E-state index in [0.29, 0.717) is 24.7 Å². The zero-order valence-electron chi connectivity index (χ0n) is 13.2. The van der Waals surface area contributed by atoms with E-state index in [-0.39, 0.29) is 24.9 Å².